The van der Waals surface area contributed by atoms with Crippen LogP contribution in [0.1, 0.15) is 13.3 Å². The van der Waals surface area contributed by atoms with Gasteiger partial charge in [0.25, 0.3) is 0 Å². The molecule has 0 radical (unpaired) electrons. The summed E-state index contributed by atoms with van der Waals surface area (Å²) in [6, 6.07) is 0. The van der Waals surface area contributed by atoms with E-state index in [1.165, 1.54) is 6.92 Å². The minimum Gasteiger partial charge on any atom is -0.479 e. The number of hydrogen-bond acceptors (Lipinski definition) is 5. The molecule has 0 aromatic carbocycles. The van der Waals surface area contributed by atoms with Gasteiger partial charge in [-0.2, -0.15) is 0 Å². The minimum absolute atomic E-state index is 0.0240. The van der Waals surface area contributed by atoms with Crippen molar-refractivity contribution in [3.8, 4) is 0 Å². The highest BCUT2D eigenvalue weighted by molar-refractivity contribution is 6.07. The van der Waals surface area contributed by atoms with Gasteiger partial charge in [-0.1, -0.05) is 0 Å². The van der Waals surface area contributed by atoms with Gasteiger partial charge in [-0.3, -0.25) is 4.79 Å². The molecule has 0 unspecified atom stereocenters. The molecule has 0 aromatic heterocycles. The average molecular weight is 204 g/mol. The Bertz CT molecular complexity index is 265. The number of amides is 1. The summed E-state index contributed by atoms with van der Waals surface area (Å²) in [5.41, 5.74) is 7.57. The lowest BCUT2D eigenvalue weighted by atomic mass is 9.96. The van der Waals surface area contributed by atoms with Gasteiger partial charge in [0.2, 0.25) is 11.4 Å². The van der Waals surface area contributed by atoms with Crippen molar-refractivity contribution >= 4 is 17.8 Å². The molecular formula is C7H12N2O5. The van der Waals surface area contributed by atoms with Crippen molar-refractivity contribution in [1.82, 2.24) is 0 Å². The highest BCUT2D eigenvalue weighted by Gasteiger charge is 2.45. The van der Waals surface area contributed by atoms with Gasteiger partial charge in [-0.25, -0.2) is 9.59 Å². The monoisotopic (exact) mass is 204 g/mol. The number of nitrogens with two attached hydrogens (primary N) is 2. The molecule has 0 aliphatic rings. The van der Waals surface area contributed by atoms with Crippen LogP contribution in [0, 0.1) is 0 Å². The molecule has 1 atom stereocenters. The molecule has 0 aliphatic heterocycles. The molecule has 0 rings (SSSR count). The topological polar surface area (TPSA) is 133 Å². The zero-order chi connectivity index (χ0) is 11.4. The summed E-state index contributed by atoms with van der Waals surface area (Å²) >= 11 is 0. The molecule has 7 heteroatoms. The van der Waals surface area contributed by atoms with Crippen molar-refractivity contribution in [3.63, 3.8) is 0 Å². The van der Waals surface area contributed by atoms with E-state index in [9.17, 15) is 14.4 Å². The summed E-state index contributed by atoms with van der Waals surface area (Å²) in [6.45, 7) is 1.47. The van der Waals surface area contributed by atoms with E-state index in [0.29, 0.717) is 0 Å². The summed E-state index contributed by atoms with van der Waals surface area (Å²) in [4.78, 5) is 32.2. The summed E-state index contributed by atoms with van der Waals surface area (Å²) < 4.78 is 4.42. The standard InChI is InChI=1S/C7H12N2O5/c1-2-14-6(13)7(9,5(11)12)3-4(8)10/h2-3,9H2,1H3,(H2,8,10)(H,11,12)/t7-/m0/s1. The smallest absolute Gasteiger partial charge is 0.338 e. The number of ether oxygens (including phenoxy) is 1. The predicted octanol–water partition coefficient (Wildman–Crippen LogP) is -1.79. The third-order valence-electron chi connectivity index (χ3n) is 1.47. The molecule has 5 N–H and O–H groups in total. The average Bonchev–Trinajstić information content (AvgIpc) is 2.02. The van der Waals surface area contributed by atoms with Crippen LogP contribution in [0.25, 0.3) is 0 Å². The lowest BCUT2D eigenvalue weighted by molar-refractivity contribution is -0.162. The number of hydrogen-bond donors (Lipinski definition) is 3. The number of aliphatic carboxylic acids is 1. The van der Waals surface area contributed by atoms with E-state index in [1.54, 1.807) is 0 Å². The Labute approximate surface area is 80.0 Å². The molecule has 1 amide bonds. The number of carboxylic acid groups (broad SMARTS) is 1. The number of esters is 1. The van der Waals surface area contributed by atoms with E-state index in [2.05, 4.69) is 4.74 Å². The molecule has 0 bridgehead atoms. The second-order valence-electron chi connectivity index (χ2n) is 2.64. The largest absolute Gasteiger partial charge is 0.479 e. The van der Waals surface area contributed by atoms with Gasteiger partial charge in [0.1, 0.15) is 0 Å². The number of carboxylic acids is 1. The number of carbonyl (C=O) groups is 3. The Morgan fingerprint density at radius 1 is 1.43 bits per heavy atom. The number of primary amides is 1. The van der Waals surface area contributed by atoms with Gasteiger partial charge in [0.05, 0.1) is 13.0 Å². The van der Waals surface area contributed by atoms with Crippen LogP contribution >= 0.6 is 0 Å². The lowest BCUT2D eigenvalue weighted by Gasteiger charge is -2.20. The van der Waals surface area contributed by atoms with Crippen molar-refractivity contribution in [3.05, 3.63) is 0 Å². The predicted molar refractivity (Wildman–Crippen MR) is 45.0 cm³/mol. The molecule has 0 fully saturated rings. The summed E-state index contributed by atoms with van der Waals surface area (Å²) in [6.07, 6.45) is -0.791. The third kappa shape index (κ3) is 2.70. The third-order valence-corrected chi connectivity index (χ3v) is 1.47. The Hall–Kier alpha value is -1.63. The second kappa shape index (κ2) is 4.56. The second-order valence-corrected chi connectivity index (χ2v) is 2.64. The van der Waals surface area contributed by atoms with Crippen LogP contribution in [-0.2, 0) is 19.1 Å². The highest BCUT2D eigenvalue weighted by atomic mass is 16.5. The Morgan fingerprint density at radius 2 is 1.93 bits per heavy atom. The van der Waals surface area contributed by atoms with E-state index in [0.717, 1.165) is 0 Å². The van der Waals surface area contributed by atoms with E-state index >= 15 is 0 Å². The molecule has 0 spiro atoms. The molecule has 80 valence electrons. The first-order chi connectivity index (χ1) is 6.34. The fourth-order valence-corrected chi connectivity index (χ4v) is 0.770. The van der Waals surface area contributed by atoms with Crippen LogP contribution < -0.4 is 11.5 Å². The number of rotatable bonds is 5. The number of carbonyl (C=O) groups excluding carboxylic acids is 2. The van der Waals surface area contributed by atoms with Crippen molar-refractivity contribution in [1.29, 1.82) is 0 Å². The molecule has 0 heterocycles. The molecule has 0 aromatic rings. The van der Waals surface area contributed by atoms with Crippen LogP contribution in [0.15, 0.2) is 0 Å². The Morgan fingerprint density at radius 3 is 2.21 bits per heavy atom. The molecule has 14 heavy (non-hydrogen) atoms. The minimum atomic E-state index is -2.39. The maximum Gasteiger partial charge on any atom is 0.338 e. The quantitative estimate of drug-likeness (QED) is 0.357. The van der Waals surface area contributed by atoms with Crippen molar-refractivity contribution in [2.75, 3.05) is 6.61 Å². The van der Waals surface area contributed by atoms with Crippen molar-refractivity contribution < 1.29 is 24.2 Å². The maximum absolute atomic E-state index is 11.1. The van der Waals surface area contributed by atoms with Crippen LogP contribution in [-0.4, -0.2) is 35.1 Å². The summed E-state index contributed by atoms with van der Waals surface area (Å²) in [5, 5.41) is 8.64. The van der Waals surface area contributed by atoms with Gasteiger partial charge in [-0.05, 0) is 6.92 Å². The van der Waals surface area contributed by atoms with E-state index < -0.39 is 29.8 Å². The molecule has 0 saturated heterocycles. The normalized spacial score (nSPS) is 14.1. The zero-order valence-electron chi connectivity index (χ0n) is 7.65. The summed E-state index contributed by atoms with van der Waals surface area (Å²) in [5.74, 6) is -3.80. The fraction of sp³-hybridized carbons (Fsp3) is 0.571. The van der Waals surface area contributed by atoms with Gasteiger partial charge < -0.3 is 21.3 Å². The maximum atomic E-state index is 11.1. The molecule has 7 nitrogen and oxygen atoms in total. The van der Waals surface area contributed by atoms with Gasteiger partial charge >= 0.3 is 11.9 Å². The first-order valence-electron chi connectivity index (χ1n) is 3.82. The van der Waals surface area contributed by atoms with Crippen molar-refractivity contribution in [2.45, 2.75) is 18.9 Å². The lowest BCUT2D eigenvalue weighted by Crippen LogP contribution is -2.57. The van der Waals surface area contributed by atoms with E-state index in [-0.39, 0.29) is 6.61 Å². The van der Waals surface area contributed by atoms with Crippen molar-refractivity contribution in [2.24, 2.45) is 11.5 Å². The van der Waals surface area contributed by atoms with Gasteiger partial charge in [0.15, 0.2) is 0 Å². The summed E-state index contributed by atoms with van der Waals surface area (Å²) in [7, 11) is 0. The molecule has 0 saturated carbocycles. The SMILES string of the molecule is CCOC(=O)[C@](N)(CC(N)=O)C(=O)O. The van der Waals surface area contributed by atoms with Crippen LogP contribution in [0.4, 0.5) is 0 Å². The molecular weight excluding hydrogens is 192 g/mol. The van der Waals surface area contributed by atoms with Crippen LogP contribution in [0.2, 0.25) is 0 Å². The van der Waals surface area contributed by atoms with E-state index in [1.807, 2.05) is 0 Å². The Balaban J connectivity index is 4.80. The van der Waals surface area contributed by atoms with Crippen LogP contribution in [0.5, 0.6) is 0 Å². The molecule has 0 aliphatic carbocycles. The highest BCUT2D eigenvalue weighted by Crippen LogP contribution is 2.09. The Kier molecular flexibility index (Phi) is 4.03. The van der Waals surface area contributed by atoms with Gasteiger partial charge in [-0.15, -0.1) is 0 Å². The zero-order valence-corrected chi connectivity index (χ0v) is 7.65. The van der Waals surface area contributed by atoms with Gasteiger partial charge in [0, 0.05) is 0 Å². The van der Waals surface area contributed by atoms with Crippen LogP contribution in [0.3, 0.4) is 0 Å². The van der Waals surface area contributed by atoms with E-state index in [4.69, 9.17) is 16.6 Å². The first-order valence-corrected chi connectivity index (χ1v) is 3.82. The first kappa shape index (κ1) is 12.4. The fourth-order valence-electron chi connectivity index (χ4n) is 0.770.